The van der Waals surface area contributed by atoms with Crippen LogP contribution < -0.4 is 5.32 Å². The number of thiophene rings is 1. The van der Waals surface area contributed by atoms with Gasteiger partial charge in [-0.25, -0.2) is 4.39 Å². The van der Waals surface area contributed by atoms with Gasteiger partial charge >= 0.3 is 5.97 Å². The molecule has 1 unspecified atom stereocenters. The van der Waals surface area contributed by atoms with Crippen LogP contribution in [0.25, 0.3) is 10.7 Å². The minimum Gasteiger partial charge on any atom is -0.455 e. The molecular weight excluding hydrogens is 405 g/mol. The highest BCUT2D eigenvalue weighted by Gasteiger charge is 2.18. The van der Waals surface area contributed by atoms with Crippen molar-refractivity contribution in [2.45, 2.75) is 18.8 Å². The summed E-state index contributed by atoms with van der Waals surface area (Å²) in [6.07, 6.45) is 0. The van der Waals surface area contributed by atoms with Gasteiger partial charge in [-0.15, -0.1) is 23.1 Å². The van der Waals surface area contributed by atoms with Crippen LogP contribution in [0.2, 0.25) is 0 Å². The maximum absolute atomic E-state index is 12.9. The van der Waals surface area contributed by atoms with Gasteiger partial charge in [-0.3, -0.25) is 9.59 Å². The zero-order chi connectivity index (χ0) is 19.9. The Bertz CT molecular complexity index is 929. The normalized spacial score (nSPS) is 11.8. The number of carbonyl (C=O) groups is 2. The smallest absolute Gasteiger partial charge is 0.319 e. The van der Waals surface area contributed by atoms with Gasteiger partial charge in [0, 0.05) is 5.69 Å². The number of nitrogens with zero attached hydrogens (tertiary/aromatic N) is 2. The molecule has 7 nitrogen and oxygen atoms in total. The maximum Gasteiger partial charge on any atom is 0.319 e. The van der Waals surface area contributed by atoms with Crippen molar-refractivity contribution in [1.82, 2.24) is 10.1 Å². The molecule has 1 aromatic carbocycles. The molecule has 0 saturated heterocycles. The van der Waals surface area contributed by atoms with Gasteiger partial charge in [0.05, 0.1) is 10.6 Å². The summed E-state index contributed by atoms with van der Waals surface area (Å²) in [5, 5.41) is 7.81. The first-order valence-corrected chi connectivity index (χ1v) is 10.1. The summed E-state index contributed by atoms with van der Waals surface area (Å²) in [7, 11) is 0. The van der Waals surface area contributed by atoms with Crippen molar-refractivity contribution >= 4 is 40.7 Å². The molecule has 1 N–H and O–H groups in total. The lowest BCUT2D eigenvalue weighted by Gasteiger charge is -2.10. The fourth-order valence-corrected chi connectivity index (χ4v) is 3.40. The number of hydrogen-bond donors (Lipinski definition) is 1. The number of ether oxygens (including phenoxy) is 1. The molecule has 3 aromatic rings. The Hall–Kier alpha value is -2.72. The Morgan fingerprint density at radius 1 is 1.32 bits per heavy atom. The fraction of sp³-hybridized carbons (Fsp3) is 0.222. The summed E-state index contributed by atoms with van der Waals surface area (Å²) in [4.78, 5) is 29.0. The van der Waals surface area contributed by atoms with E-state index < -0.39 is 11.2 Å². The van der Waals surface area contributed by atoms with Crippen molar-refractivity contribution in [3.63, 3.8) is 0 Å². The lowest BCUT2D eigenvalue weighted by molar-refractivity contribution is -0.144. The van der Waals surface area contributed by atoms with Gasteiger partial charge in [-0.05, 0) is 42.6 Å². The Morgan fingerprint density at radius 2 is 2.11 bits per heavy atom. The molecule has 146 valence electrons. The Labute approximate surface area is 168 Å². The van der Waals surface area contributed by atoms with Crippen LogP contribution >= 0.6 is 23.1 Å². The van der Waals surface area contributed by atoms with E-state index in [1.807, 2.05) is 17.5 Å². The molecule has 10 heteroatoms. The highest BCUT2D eigenvalue weighted by molar-refractivity contribution is 8.01. The minimum atomic E-state index is -0.557. The van der Waals surface area contributed by atoms with Crippen LogP contribution in [0, 0.1) is 5.82 Å². The molecule has 0 fully saturated rings. The standard InChI is InChI=1S/C18H16FN3O4S2/c1-11(28-10-15(23)20-13-6-4-12(19)5-7-13)18(24)25-9-16-21-17(22-26-16)14-3-2-8-27-14/h2-8,11H,9-10H2,1H3,(H,20,23). The van der Waals surface area contributed by atoms with Gasteiger partial charge < -0.3 is 14.6 Å². The van der Waals surface area contributed by atoms with Crippen LogP contribution in [0.1, 0.15) is 12.8 Å². The SMILES string of the molecule is CC(SCC(=O)Nc1ccc(F)cc1)C(=O)OCc1nc(-c2cccs2)no1. The molecule has 3 rings (SSSR count). The first-order chi connectivity index (χ1) is 13.5. The quantitative estimate of drug-likeness (QED) is 0.554. The molecular formula is C18H16FN3O4S2. The molecule has 0 radical (unpaired) electrons. The third-order valence-corrected chi connectivity index (χ3v) is 5.46. The molecule has 0 aliphatic heterocycles. The zero-order valence-corrected chi connectivity index (χ0v) is 16.4. The highest BCUT2D eigenvalue weighted by atomic mass is 32.2. The number of thioether (sulfide) groups is 1. The van der Waals surface area contributed by atoms with Crippen LogP contribution in [0.5, 0.6) is 0 Å². The van der Waals surface area contributed by atoms with Gasteiger partial charge in [0.1, 0.15) is 11.1 Å². The number of esters is 1. The van der Waals surface area contributed by atoms with E-state index in [1.165, 1.54) is 35.6 Å². The van der Waals surface area contributed by atoms with Crippen molar-refractivity contribution < 1.29 is 23.2 Å². The number of carbonyl (C=O) groups excluding carboxylic acids is 2. The number of nitrogens with one attached hydrogen (secondary N) is 1. The van der Waals surface area contributed by atoms with Crippen molar-refractivity contribution in [3.8, 4) is 10.7 Å². The fourth-order valence-electron chi connectivity index (χ4n) is 2.07. The number of hydrogen-bond acceptors (Lipinski definition) is 8. The van der Waals surface area contributed by atoms with E-state index >= 15 is 0 Å². The second kappa shape index (κ2) is 9.47. The average Bonchev–Trinajstić information content (AvgIpc) is 3.37. The van der Waals surface area contributed by atoms with E-state index in [1.54, 1.807) is 6.92 Å². The Kier molecular flexibility index (Phi) is 6.77. The average molecular weight is 421 g/mol. The summed E-state index contributed by atoms with van der Waals surface area (Å²) >= 11 is 2.60. The number of amides is 1. The van der Waals surface area contributed by atoms with Crippen LogP contribution in [-0.4, -0.2) is 33.0 Å². The van der Waals surface area contributed by atoms with Gasteiger partial charge in [0.15, 0.2) is 6.61 Å². The van der Waals surface area contributed by atoms with Crippen molar-refractivity contribution in [1.29, 1.82) is 0 Å². The van der Waals surface area contributed by atoms with Crippen molar-refractivity contribution in [2.75, 3.05) is 11.1 Å². The third-order valence-electron chi connectivity index (χ3n) is 3.47. The lowest BCUT2D eigenvalue weighted by Crippen LogP contribution is -2.21. The summed E-state index contributed by atoms with van der Waals surface area (Å²) in [5.74, 6) is -0.475. The predicted molar refractivity (Wildman–Crippen MR) is 104 cm³/mol. The van der Waals surface area contributed by atoms with Crippen LogP contribution in [0.15, 0.2) is 46.3 Å². The highest BCUT2D eigenvalue weighted by Crippen LogP contribution is 2.21. The summed E-state index contributed by atoms with van der Waals surface area (Å²) in [6, 6.07) is 9.17. The van der Waals surface area contributed by atoms with Gasteiger partial charge in [0.2, 0.25) is 11.7 Å². The zero-order valence-electron chi connectivity index (χ0n) is 14.8. The molecule has 0 bridgehead atoms. The molecule has 0 aliphatic carbocycles. The molecule has 2 heterocycles. The van der Waals surface area contributed by atoms with Crippen LogP contribution in [-0.2, 0) is 20.9 Å². The molecule has 1 amide bonds. The number of rotatable bonds is 8. The summed E-state index contributed by atoms with van der Waals surface area (Å²) in [5.41, 5.74) is 0.486. The first-order valence-electron chi connectivity index (χ1n) is 8.21. The number of benzene rings is 1. The topological polar surface area (TPSA) is 94.3 Å². The number of halogens is 1. The molecule has 1 atom stereocenters. The van der Waals surface area contributed by atoms with E-state index in [0.717, 1.165) is 16.6 Å². The van der Waals surface area contributed by atoms with Crippen LogP contribution in [0.3, 0.4) is 0 Å². The van der Waals surface area contributed by atoms with E-state index in [9.17, 15) is 14.0 Å². The molecule has 2 aromatic heterocycles. The van der Waals surface area contributed by atoms with Crippen LogP contribution in [0.4, 0.5) is 10.1 Å². The molecule has 28 heavy (non-hydrogen) atoms. The van der Waals surface area contributed by atoms with E-state index in [2.05, 4.69) is 15.5 Å². The van der Waals surface area contributed by atoms with E-state index in [-0.39, 0.29) is 30.0 Å². The predicted octanol–water partition coefficient (Wildman–Crippen LogP) is 3.74. The molecule has 0 aliphatic rings. The third kappa shape index (κ3) is 5.64. The van der Waals surface area contributed by atoms with Gasteiger partial charge in [-0.2, -0.15) is 4.98 Å². The largest absolute Gasteiger partial charge is 0.455 e. The Balaban J connectivity index is 1.40. The second-order valence-electron chi connectivity index (χ2n) is 5.61. The number of aromatic nitrogens is 2. The Morgan fingerprint density at radius 3 is 2.82 bits per heavy atom. The summed E-state index contributed by atoms with van der Waals surface area (Å²) in [6.45, 7) is 1.51. The van der Waals surface area contributed by atoms with Gasteiger partial charge in [-0.1, -0.05) is 11.2 Å². The first kappa shape index (κ1) is 20.0. The molecule has 0 saturated carbocycles. The van der Waals surface area contributed by atoms with Crippen molar-refractivity contribution in [3.05, 3.63) is 53.5 Å². The minimum absolute atomic E-state index is 0.0523. The van der Waals surface area contributed by atoms with E-state index in [0.29, 0.717) is 11.5 Å². The molecule has 0 spiro atoms. The van der Waals surface area contributed by atoms with E-state index in [4.69, 9.17) is 9.26 Å². The second-order valence-corrected chi connectivity index (χ2v) is 7.88. The monoisotopic (exact) mass is 421 g/mol. The maximum atomic E-state index is 12.9. The summed E-state index contributed by atoms with van der Waals surface area (Å²) < 4.78 is 23.1. The van der Waals surface area contributed by atoms with Gasteiger partial charge in [0.25, 0.3) is 5.89 Å². The lowest BCUT2D eigenvalue weighted by atomic mass is 10.3. The number of anilines is 1. The van der Waals surface area contributed by atoms with Crippen molar-refractivity contribution in [2.24, 2.45) is 0 Å².